The Morgan fingerprint density at radius 2 is 1.66 bits per heavy atom. The molecular formula is C25H23N3O5S2. The third kappa shape index (κ3) is 5.84. The van der Waals surface area contributed by atoms with Gasteiger partial charge in [-0.1, -0.05) is 23.9 Å². The molecule has 0 atom stereocenters. The number of benzene rings is 3. The van der Waals surface area contributed by atoms with Crippen LogP contribution in [0.1, 0.15) is 10.4 Å². The molecule has 1 heterocycles. The Hall–Kier alpha value is -3.76. The third-order valence-corrected chi connectivity index (χ3v) is 7.14. The van der Waals surface area contributed by atoms with Gasteiger partial charge in [-0.3, -0.25) is 9.59 Å². The summed E-state index contributed by atoms with van der Waals surface area (Å²) in [4.78, 5) is 29.7. The number of hydrogen-bond acceptors (Lipinski definition) is 8. The molecular weight excluding hydrogens is 486 g/mol. The molecule has 0 bridgehead atoms. The Bertz CT molecular complexity index is 1370. The van der Waals surface area contributed by atoms with E-state index in [1.54, 1.807) is 50.6 Å². The van der Waals surface area contributed by atoms with E-state index >= 15 is 0 Å². The Morgan fingerprint density at radius 3 is 2.43 bits per heavy atom. The first-order valence-corrected chi connectivity index (χ1v) is 12.3. The molecule has 0 unspecified atom stereocenters. The minimum absolute atomic E-state index is 0.151. The maximum atomic E-state index is 12.7. The summed E-state index contributed by atoms with van der Waals surface area (Å²) in [5.41, 5.74) is 2.52. The topological polar surface area (TPSA) is 98.8 Å². The molecule has 0 aliphatic rings. The van der Waals surface area contributed by atoms with Crippen molar-refractivity contribution in [3.8, 4) is 17.2 Å². The number of carbonyl (C=O) groups is 2. The van der Waals surface area contributed by atoms with E-state index < -0.39 is 0 Å². The number of amides is 2. The molecule has 0 saturated carbocycles. The van der Waals surface area contributed by atoms with Crippen LogP contribution >= 0.6 is 23.1 Å². The maximum absolute atomic E-state index is 12.7. The van der Waals surface area contributed by atoms with Crippen LogP contribution in [0.3, 0.4) is 0 Å². The van der Waals surface area contributed by atoms with Gasteiger partial charge in [0.05, 0.1) is 43.0 Å². The molecule has 3 aromatic carbocycles. The van der Waals surface area contributed by atoms with Crippen LogP contribution in [0, 0.1) is 0 Å². The minimum Gasteiger partial charge on any atom is -0.495 e. The Kier molecular flexibility index (Phi) is 7.74. The Balaban J connectivity index is 1.40. The summed E-state index contributed by atoms with van der Waals surface area (Å²) in [5, 5.41) is 5.75. The number of hydrogen-bond donors (Lipinski definition) is 2. The van der Waals surface area contributed by atoms with E-state index in [1.165, 1.54) is 30.2 Å². The van der Waals surface area contributed by atoms with Crippen LogP contribution in [0.15, 0.2) is 65.0 Å². The predicted molar refractivity (Wildman–Crippen MR) is 139 cm³/mol. The number of fused-ring (bicyclic) bond motifs is 1. The first-order valence-electron chi connectivity index (χ1n) is 10.5. The van der Waals surface area contributed by atoms with Gasteiger partial charge in [-0.15, -0.1) is 11.3 Å². The van der Waals surface area contributed by atoms with Crippen molar-refractivity contribution >= 4 is 56.5 Å². The number of thiazole rings is 1. The SMILES string of the molecule is COc1ccccc1NC(=O)CSc1nc2ccc(NC(=O)c3ccc(OC)c(OC)c3)cc2s1. The number of aromatic nitrogens is 1. The number of para-hydroxylation sites is 2. The highest BCUT2D eigenvalue weighted by molar-refractivity contribution is 8.01. The molecule has 180 valence electrons. The van der Waals surface area contributed by atoms with Crippen molar-refractivity contribution in [3.63, 3.8) is 0 Å². The van der Waals surface area contributed by atoms with Crippen LogP contribution in [0.25, 0.3) is 10.2 Å². The van der Waals surface area contributed by atoms with Crippen LogP contribution in [0.5, 0.6) is 17.2 Å². The molecule has 8 nitrogen and oxygen atoms in total. The lowest BCUT2D eigenvalue weighted by Crippen LogP contribution is -2.14. The third-order valence-electron chi connectivity index (χ3n) is 4.98. The molecule has 1 aromatic heterocycles. The quantitative estimate of drug-likeness (QED) is 0.295. The van der Waals surface area contributed by atoms with E-state index in [2.05, 4.69) is 15.6 Å². The van der Waals surface area contributed by atoms with Gasteiger partial charge in [-0.2, -0.15) is 0 Å². The largest absolute Gasteiger partial charge is 0.495 e. The standard InChI is InChI=1S/C25H23N3O5S2/c1-31-19-7-5-4-6-17(19)27-23(29)14-34-25-28-18-10-9-16(13-22(18)35-25)26-24(30)15-8-11-20(32-2)21(12-15)33-3/h4-13H,14H2,1-3H3,(H,26,30)(H,27,29). The minimum atomic E-state index is -0.266. The first-order chi connectivity index (χ1) is 17.0. The second kappa shape index (κ2) is 11.1. The molecule has 2 amide bonds. The normalized spacial score (nSPS) is 10.6. The molecule has 2 N–H and O–H groups in total. The van der Waals surface area contributed by atoms with Crippen LogP contribution in [-0.4, -0.2) is 43.9 Å². The molecule has 0 fully saturated rings. The van der Waals surface area contributed by atoms with E-state index in [-0.39, 0.29) is 17.6 Å². The summed E-state index contributed by atoms with van der Waals surface area (Å²) >= 11 is 2.81. The number of carbonyl (C=O) groups excluding carboxylic acids is 2. The monoisotopic (exact) mass is 509 g/mol. The fourth-order valence-electron chi connectivity index (χ4n) is 3.29. The van der Waals surface area contributed by atoms with Crippen molar-refractivity contribution in [2.75, 3.05) is 37.7 Å². The zero-order chi connectivity index (χ0) is 24.8. The van der Waals surface area contributed by atoms with Gasteiger partial charge in [0.2, 0.25) is 5.91 Å². The van der Waals surface area contributed by atoms with Gasteiger partial charge in [0.1, 0.15) is 5.75 Å². The van der Waals surface area contributed by atoms with Gasteiger partial charge in [0.15, 0.2) is 15.8 Å². The molecule has 0 aliphatic carbocycles. The van der Waals surface area contributed by atoms with Crippen molar-refractivity contribution < 1.29 is 23.8 Å². The van der Waals surface area contributed by atoms with E-state index in [9.17, 15) is 9.59 Å². The van der Waals surface area contributed by atoms with E-state index in [0.29, 0.717) is 34.2 Å². The predicted octanol–water partition coefficient (Wildman–Crippen LogP) is 5.31. The summed E-state index contributed by atoms with van der Waals surface area (Å²) in [7, 11) is 4.63. The van der Waals surface area contributed by atoms with Crippen LogP contribution < -0.4 is 24.8 Å². The molecule has 4 aromatic rings. The van der Waals surface area contributed by atoms with Crippen molar-refractivity contribution in [1.29, 1.82) is 0 Å². The number of anilines is 2. The van der Waals surface area contributed by atoms with E-state index in [1.807, 2.05) is 24.3 Å². The summed E-state index contributed by atoms with van der Waals surface area (Å²) in [6, 6.07) is 17.7. The molecule has 4 rings (SSSR count). The van der Waals surface area contributed by atoms with E-state index in [0.717, 1.165) is 14.6 Å². The van der Waals surface area contributed by atoms with Crippen LogP contribution in [-0.2, 0) is 4.79 Å². The number of nitrogens with one attached hydrogen (secondary N) is 2. The lowest BCUT2D eigenvalue weighted by Gasteiger charge is -2.10. The van der Waals surface area contributed by atoms with Gasteiger partial charge < -0.3 is 24.8 Å². The van der Waals surface area contributed by atoms with Crippen molar-refractivity contribution in [2.24, 2.45) is 0 Å². The highest BCUT2D eigenvalue weighted by Crippen LogP contribution is 2.32. The van der Waals surface area contributed by atoms with Gasteiger partial charge >= 0.3 is 0 Å². The highest BCUT2D eigenvalue weighted by Gasteiger charge is 2.13. The summed E-state index contributed by atoms with van der Waals surface area (Å²) < 4.78 is 17.4. The average Bonchev–Trinajstić information content (AvgIpc) is 3.29. The second-order valence-corrected chi connectivity index (χ2v) is 9.48. The summed E-state index contributed by atoms with van der Waals surface area (Å²) in [5.74, 6) is 1.43. The number of nitrogens with zero attached hydrogens (tertiary/aromatic N) is 1. The number of thioether (sulfide) groups is 1. The zero-order valence-electron chi connectivity index (χ0n) is 19.3. The lowest BCUT2D eigenvalue weighted by atomic mass is 10.2. The Labute approximate surface area is 210 Å². The highest BCUT2D eigenvalue weighted by atomic mass is 32.2. The van der Waals surface area contributed by atoms with Gasteiger partial charge in [-0.05, 0) is 48.5 Å². The fourth-order valence-corrected chi connectivity index (χ4v) is 5.19. The molecule has 0 aliphatic heterocycles. The summed E-state index contributed by atoms with van der Waals surface area (Å²) in [6.45, 7) is 0. The van der Waals surface area contributed by atoms with Gasteiger partial charge in [0.25, 0.3) is 5.91 Å². The van der Waals surface area contributed by atoms with Crippen LogP contribution in [0.4, 0.5) is 11.4 Å². The Morgan fingerprint density at radius 1 is 0.886 bits per heavy atom. The molecule has 0 spiro atoms. The number of methoxy groups -OCH3 is 3. The molecule has 10 heteroatoms. The second-order valence-electron chi connectivity index (χ2n) is 7.22. The smallest absolute Gasteiger partial charge is 0.255 e. The van der Waals surface area contributed by atoms with Crippen LogP contribution in [0.2, 0.25) is 0 Å². The molecule has 0 saturated heterocycles. The zero-order valence-corrected chi connectivity index (χ0v) is 20.9. The number of rotatable bonds is 9. The lowest BCUT2D eigenvalue weighted by molar-refractivity contribution is -0.113. The van der Waals surface area contributed by atoms with E-state index in [4.69, 9.17) is 14.2 Å². The van der Waals surface area contributed by atoms with Gasteiger partial charge in [0, 0.05) is 11.3 Å². The maximum Gasteiger partial charge on any atom is 0.255 e. The average molecular weight is 510 g/mol. The fraction of sp³-hybridized carbons (Fsp3) is 0.160. The van der Waals surface area contributed by atoms with Crippen molar-refractivity contribution in [1.82, 2.24) is 4.98 Å². The first kappa shape index (κ1) is 24.4. The van der Waals surface area contributed by atoms with Crippen molar-refractivity contribution in [2.45, 2.75) is 4.34 Å². The number of ether oxygens (including phenoxy) is 3. The van der Waals surface area contributed by atoms with Gasteiger partial charge in [-0.25, -0.2) is 4.98 Å². The molecule has 0 radical (unpaired) electrons. The molecule has 35 heavy (non-hydrogen) atoms. The summed E-state index contributed by atoms with van der Waals surface area (Å²) in [6.07, 6.45) is 0. The van der Waals surface area contributed by atoms with Crippen molar-refractivity contribution in [3.05, 3.63) is 66.2 Å².